The van der Waals surface area contributed by atoms with Crippen molar-refractivity contribution >= 4 is 11.7 Å². The van der Waals surface area contributed by atoms with Crippen LogP contribution in [-0.2, 0) is 11.2 Å². The Morgan fingerprint density at radius 3 is 2.55 bits per heavy atom. The van der Waals surface area contributed by atoms with Gasteiger partial charge in [0.2, 0.25) is 5.91 Å². The van der Waals surface area contributed by atoms with Crippen LogP contribution in [0.1, 0.15) is 34.3 Å². The first-order chi connectivity index (χ1) is 15.0. The Bertz CT molecular complexity index is 1290. The van der Waals surface area contributed by atoms with E-state index in [4.69, 9.17) is 4.74 Å². The molecule has 1 amide bonds. The molecule has 0 radical (unpaired) electrons. The summed E-state index contributed by atoms with van der Waals surface area (Å²) in [7, 11) is 1.60. The van der Waals surface area contributed by atoms with Crippen LogP contribution in [0.25, 0.3) is 5.78 Å². The van der Waals surface area contributed by atoms with Crippen LogP contribution in [0.5, 0.6) is 5.75 Å². The molecule has 0 aliphatic rings. The Morgan fingerprint density at radius 2 is 1.81 bits per heavy atom. The third kappa shape index (κ3) is 4.05. The maximum atomic E-state index is 12.9. The van der Waals surface area contributed by atoms with E-state index in [0.717, 1.165) is 11.1 Å². The van der Waals surface area contributed by atoms with Crippen molar-refractivity contribution in [3.05, 3.63) is 93.2 Å². The van der Waals surface area contributed by atoms with E-state index >= 15 is 0 Å². The zero-order chi connectivity index (χ0) is 22.0. The number of benzene rings is 2. The van der Waals surface area contributed by atoms with Gasteiger partial charge in [0.1, 0.15) is 11.6 Å². The number of para-hydroxylation sites is 1. The zero-order valence-corrected chi connectivity index (χ0v) is 17.5. The summed E-state index contributed by atoms with van der Waals surface area (Å²) in [5.74, 6) is 1.04. The molecule has 31 heavy (non-hydrogen) atoms. The summed E-state index contributed by atoms with van der Waals surface area (Å²) in [5, 5.41) is 5.95. The van der Waals surface area contributed by atoms with E-state index in [9.17, 15) is 9.59 Å². The van der Waals surface area contributed by atoms with E-state index in [1.807, 2.05) is 54.6 Å². The maximum Gasteiger partial charge on any atom is 0.277 e. The lowest BCUT2D eigenvalue weighted by molar-refractivity contribution is -0.121. The van der Waals surface area contributed by atoms with Gasteiger partial charge in [0.15, 0.2) is 0 Å². The van der Waals surface area contributed by atoms with Gasteiger partial charge in [0.25, 0.3) is 11.3 Å². The highest BCUT2D eigenvalue weighted by Gasteiger charge is 2.21. The molecule has 8 nitrogen and oxygen atoms in total. The Labute approximate surface area is 178 Å². The van der Waals surface area contributed by atoms with Crippen molar-refractivity contribution in [2.24, 2.45) is 0 Å². The number of aryl methyl sites for hydroxylation is 1. The number of fused-ring (bicyclic) bond motifs is 1. The zero-order valence-electron chi connectivity index (χ0n) is 17.5. The molecule has 4 aromatic rings. The van der Waals surface area contributed by atoms with Crippen LogP contribution in [0.15, 0.2) is 59.4 Å². The fourth-order valence-corrected chi connectivity index (χ4v) is 3.48. The van der Waals surface area contributed by atoms with Gasteiger partial charge in [-0.15, -0.1) is 0 Å². The molecule has 1 unspecified atom stereocenters. The molecule has 2 heterocycles. The van der Waals surface area contributed by atoms with Crippen molar-refractivity contribution < 1.29 is 9.53 Å². The van der Waals surface area contributed by atoms with Crippen LogP contribution < -0.4 is 15.6 Å². The van der Waals surface area contributed by atoms with Gasteiger partial charge in [-0.05, 0) is 25.5 Å². The molecule has 0 aliphatic carbocycles. The number of H-pyrrole nitrogens is 1. The summed E-state index contributed by atoms with van der Waals surface area (Å²) in [6, 6.07) is 16.8. The average Bonchev–Trinajstić information content (AvgIpc) is 3.18. The van der Waals surface area contributed by atoms with Crippen molar-refractivity contribution in [2.45, 2.75) is 26.3 Å². The van der Waals surface area contributed by atoms with Crippen LogP contribution in [0.4, 0.5) is 0 Å². The monoisotopic (exact) mass is 417 g/mol. The smallest absolute Gasteiger partial charge is 0.277 e. The molecule has 158 valence electrons. The lowest BCUT2D eigenvalue weighted by Crippen LogP contribution is -2.31. The number of nitrogens with zero attached hydrogens (tertiary/aromatic N) is 3. The minimum atomic E-state index is -0.403. The summed E-state index contributed by atoms with van der Waals surface area (Å²) in [6.07, 6.45) is -0.0284. The average molecular weight is 417 g/mol. The normalized spacial score (nSPS) is 12.0. The second kappa shape index (κ2) is 8.43. The molecule has 0 aliphatic heterocycles. The van der Waals surface area contributed by atoms with Crippen LogP contribution in [0, 0.1) is 13.8 Å². The molecule has 0 fully saturated rings. The third-order valence-corrected chi connectivity index (χ3v) is 5.23. The van der Waals surface area contributed by atoms with Crippen molar-refractivity contribution in [1.82, 2.24) is 24.9 Å². The summed E-state index contributed by atoms with van der Waals surface area (Å²) in [4.78, 5) is 34.0. The Balaban J connectivity index is 1.63. The molecular formula is C23H23N5O3. The summed E-state index contributed by atoms with van der Waals surface area (Å²) in [6.45, 7) is 3.47. The highest BCUT2D eigenvalue weighted by atomic mass is 16.5. The molecule has 2 aromatic heterocycles. The fourth-order valence-electron chi connectivity index (χ4n) is 3.48. The second-order valence-electron chi connectivity index (χ2n) is 7.26. The number of amides is 1. The number of carbonyl (C=O) groups is 1. The van der Waals surface area contributed by atoms with Gasteiger partial charge in [0.05, 0.1) is 19.6 Å². The molecule has 0 saturated heterocycles. The van der Waals surface area contributed by atoms with Gasteiger partial charge in [-0.2, -0.15) is 9.50 Å². The molecule has 2 N–H and O–H groups in total. The fraction of sp³-hybridized carbons (Fsp3) is 0.217. The quantitative estimate of drug-likeness (QED) is 0.502. The van der Waals surface area contributed by atoms with E-state index in [0.29, 0.717) is 22.8 Å². The predicted octanol–water partition coefficient (Wildman–Crippen LogP) is 2.49. The van der Waals surface area contributed by atoms with Crippen molar-refractivity contribution in [2.75, 3.05) is 7.11 Å². The number of aromatic amines is 1. The first-order valence-electron chi connectivity index (χ1n) is 9.90. The molecule has 0 saturated carbocycles. The van der Waals surface area contributed by atoms with E-state index < -0.39 is 6.04 Å². The Morgan fingerprint density at radius 1 is 1.10 bits per heavy atom. The van der Waals surface area contributed by atoms with Gasteiger partial charge >= 0.3 is 0 Å². The minimum absolute atomic E-state index is 0.0284. The summed E-state index contributed by atoms with van der Waals surface area (Å²) >= 11 is 0. The molecule has 0 spiro atoms. The van der Waals surface area contributed by atoms with Crippen LogP contribution in [0.3, 0.4) is 0 Å². The van der Waals surface area contributed by atoms with E-state index in [2.05, 4.69) is 20.4 Å². The Hall–Kier alpha value is -3.94. The number of rotatable bonds is 6. The number of ether oxygens (including phenoxy) is 1. The molecule has 1 atom stereocenters. The number of carbonyl (C=O) groups excluding carboxylic acids is 1. The van der Waals surface area contributed by atoms with Crippen LogP contribution >= 0.6 is 0 Å². The third-order valence-electron chi connectivity index (χ3n) is 5.23. The lowest BCUT2D eigenvalue weighted by Gasteiger charge is -2.21. The largest absolute Gasteiger partial charge is 0.496 e. The topological polar surface area (TPSA) is 101 Å². The minimum Gasteiger partial charge on any atom is -0.496 e. The van der Waals surface area contributed by atoms with Gasteiger partial charge in [-0.1, -0.05) is 48.5 Å². The highest BCUT2D eigenvalue weighted by molar-refractivity contribution is 5.79. The maximum absolute atomic E-state index is 12.9. The molecule has 2 aromatic carbocycles. The summed E-state index contributed by atoms with van der Waals surface area (Å²) < 4.78 is 6.77. The standard InChI is InChI=1S/C23H23N5O3/c1-14-15(2)24-23-25-19(27-28(23)22(14)30)13-20(29)26-21(16-9-5-4-6-10-16)17-11-7-8-12-18(17)31-3/h4-12,21H,13H2,1-3H3,(H,26,29)(H,24,25,27). The van der Waals surface area contributed by atoms with Gasteiger partial charge in [0, 0.05) is 16.8 Å². The van der Waals surface area contributed by atoms with E-state index in [1.165, 1.54) is 4.52 Å². The number of nitrogens with one attached hydrogen (secondary N) is 2. The number of aromatic nitrogens is 4. The van der Waals surface area contributed by atoms with Gasteiger partial charge in [-0.3, -0.25) is 14.7 Å². The van der Waals surface area contributed by atoms with Gasteiger partial charge in [-0.25, -0.2) is 4.98 Å². The first-order valence-corrected chi connectivity index (χ1v) is 9.90. The SMILES string of the molecule is COc1ccccc1C(NC(=O)Cc1nc2nc(C)c(C)c(=O)n2[nH]1)c1ccccc1. The molecule has 4 rings (SSSR count). The van der Waals surface area contributed by atoms with Gasteiger partial charge < -0.3 is 10.1 Å². The number of methoxy groups -OCH3 is 1. The van der Waals surface area contributed by atoms with Crippen LogP contribution in [0.2, 0.25) is 0 Å². The van der Waals surface area contributed by atoms with Crippen molar-refractivity contribution in [3.8, 4) is 5.75 Å². The number of hydrogen-bond acceptors (Lipinski definition) is 5. The predicted molar refractivity (Wildman–Crippen MR) is 116 cm³/mol. The van der Waals surface area contributed by atoms with Crippen molar-refractivity contribution in [3.63, 3.8) is 0 Å². The molecule has 0 bridgehead atoms. The first kappa shape index (κ1) is 20.3. The number of hydrogen-bond donors (Lipinski definition) is 2. The second-order valence-corrected chi connectivity index (χ2v) is 7.26. The lowest BCUT2D eigenvalue weighted by atomic mass is 9.97. The van der Waals surface area contributed by atoms with E-state index in [1.54, 1.807) is 21.0 Å². The molecular weight excluding hydrogens is 394 g/mol. The van der Waals surface area contributed by atoms with Crippen molar-refractivity contribution in [1.29, 1.82) is 0 Å². The van der Waals surface area contributed by atoms with Crippen LogP contribution in [-0.4, -0.2) is 32.6 Å². The van der Waals surface area contributed by atoms with E-state index in [-0.39, 0.29) is 23.7 Å². The summed E-state index contributed by atoms with van der Waals surface area (Å²) in [5.41, 5.74) is 2.70. The highest BCUT2D eigenvalue weighted by Crippen LogP contribution is 2.29. The Kier molecular flexibility index (Phi) is 5.53. The molecule has 8 heteroatoms.